The van der Waals surface area contributed by atoms with Crippen LogP contribution in [0.5, 0.6) is 0 Å². The highest BCUT2D eigenvalue weighted by Gasteiger charge is 2.33. The van der Waals surface area contributed by atoms with E-state index in [1.165, 1.54) is 0 Å². The van der Waals surface area contributed by atoms with Crippen molar-refractivity contribution < 1.29 is 13.2 Å². The second-order valence-electron chi connectivity index (χ2n) is 5.56. The summed E-state index contributed by atoms with van der Waals surface area (Å²) in [6.45, 7) is 5.27. The van der Waals surface area contributed by atoms with Crippen molar-refractivity contribution in [1.82, 2.24) is 4.72 Å². The number of nitrogens with one attached hydrogen (secondary N) is 1. The van der Waals surface area contributed by atoms with E-state index in [0.29, 0.717) is 5.56 Å². The van der Waals surface area contributed by atoms with Gasteiger partial charge in [-0.2, -0.15) is 0 Å². The Morgan fingerprint density at radius 1 is 1.26 bits per heavy atom. The van der Waals surface area contributed by atoms with Crippen LogP contribution in [0.25, 0.3) is 0 Å². The van der Waals surface area contributed by atoms with Gasteiger partial charge in [0.2, 0.25) is 15.9 Å². The van der Waals surface area contributed by atoms with Crippen molar-refractivity contribution in [2.24, 2.45) is 11.1 Å². The van der Waals surface area contributed by atoms with Crippen molar-refractivity contribution in [3.63, 3.8) is 0 Å². The Balaban J connectivity index is 2.87. The minimum Gasteiger partial charge on any atom is -0.368 e. The summed E-state index contributed by atoms with van der Waals surface area (Å²) in [5, 5.41) is 0. The van der Waals surface area contributed by atoms with E-state index < -0.39 is 27.4 Å². The molecule has 0 radical (unpaired) electrons. The number of amides is 1. The lowest BCUT2D eigenvalue weighted by molar-refractivity contribution is -0.121. The molecule has 6 heteroatoms. The van der Waals surface area contributed by atoms with Gasteiger partial charge in [-0.15, -0.1) is 0 Å². The van der Waals surface area contributed by atoms with E-state index in [1.54, 1.807) is 45.0 Å². The summed E-state index contributed by atoms with van der Waals surface area (Å²) >= 11 is 0. The quantitative estimate of drug-likeness (QED) is 0.845. The largest absolute Gasteiger partial charge is 0.368 e. The van der Waals surface area contributed by atoms with Crippen molar-refractivity contribution in [2.45, 2.75) is 32.6 Å². The predicted molar refractivity (Wildman–Crippen MR) is 74.6 cm³/mol. The molecule has 0 aliphatic heterocycles. The molecule has 0 saturated carbocycles. The van der Waals surface area contributed by atoms with Gasteiger partial charge in [0.25, 0.3) is 0 Å². The van der Waals surface area contributed by atoms with Crippen molar-refractivity contribution >= 4 is 15.9 Å². The van der Waals surface area contributed by atoms with Crippen LogP contribution in [0.2, 0.25) is 0 Å². The van der Waals surface area contributed by atoms with Crippen molar-refractivity contribution in [2.75, 3.05) is 0 Å². The summed E-state index contributed by atoms with van der Waals surface area (Å²) in [4.78, 5) is 11.4. The molecule has 1 aromatic rings. The molecule has 19 heavy (non-hydrogen) atoms. The number of hydrogen-bond donors (Lipinski definition) is 2. The van der Waals surface area contributed by atoms with Crippen LogP contribution in [0.4, 0.5) is 0 Å². The van der Waals surface area contributed by atoms with Crippen molar-refractivity contribution in [1.29, 1.82) is 0 Å². The molecule has 5 nitrogen and oxygen atoms in total. The maximum absolute atomic E-state index is 12.0. The van der Waals surface area contributed by atoms with E-state index in [-0.39, 0.29) is 5.75 Å². The number of nitrogens with two attached hydrogens (primary N) is 1. The Kier molecular flexibility index (Phi) is 4.70. The van der Waals surface area contributed by atoms with Crippen LogP contribution >= 0.6 is 0 Å². The predicted octanol–water partition coefficient (Wildman–Crippen LogP) is 1.01. The van der Waals surface area contributed by atoms with E-state index in [0.717, 1.165) is 0 Å². The van der Waals surface area contributed by atoms with Crippen LogP contribution in [0.3, 0.4) is 0 Å². The zero-order valence-electron chi connectivity index (χ0n) is 11.4. The number of benzene rings is 1. The first kappa shape index (κ1) is 15.7. The first-order chi connectivity index (χ1) is 8.62. The molecule has 0 aliphatic rings. The standard InChI is InChI=1S/C13H20N2O3S/c1-13(2,3)11(12(14)16)15-19(17,18)9-10-7-5-4-6-8-10/h4-8,11,15H,9H2,1-3H3,(H2,14,16). The molecule has 0 spiro atoms. The first-order valence-corrected chi connectivity index (χ1v) is 7.60. The Hall–Kier alpha value is -1.40. The highest BCUT2D eigenvalue weighted by atomic mass is 32.2. The molecule has 0 aromatic heterocycles. The number of sulfonamides is 1. The van der Waals surface area contributed by atoms with Gasteiger partial charge in [-0.3, -0.25) is 4.79 Å². The third-order valence-electron chi connectivity index (χ3n) is 2.65. The second-order valence-corrected chi connectivity index (χ2v) is 7.32. The molecule has 0 aliphatic carbocycles. The Morgan fingerprint density at radius 2 is 1.79 bits per heavy atom. The fourth-order valence-electron chi connectivity index (χ4n) is 1.68. The molecule has 1 amide bonds. The summed E-state index contributed by atoms with van der Waals surface area (Å²) in [5.74, 6) is -0.850. The Morgan fingerprint density at radius 3 is 2.21 bits per heavy atom. The molecule has 1 rings (SSSR count). The van der Waals surface area contributed by atoms with Gasteiger partial charge in [0.1, 0.15) is 6.04 Å². The summed E-state index contributed by atoms with van der Waals surface area (Å²) in [6, 6.07) is 7.84. The molecule has 3 N–H and O–H groups in total. The van der Waals surface area contributed by atoms with Gasteiger partial charge in [-0.25, -0.2) is 13.1 Å². The third-order valence-corrected chi connectivity index (χ3v) is 3.96. The fourth-order valence-corrected chi connectivity index (χ4v) is 3.22. The highest BCUT2D eigenvalue weighted by Crippen LogP contribution is 2.20. The van der Waals surface area contributed by atoms with E-state index in [4.69, 9.17) is 5.73 Å². The van der Waals surface area contributed by atoms with Gasteiger partial charge in [-0.1, -0.05) is 51.1 Å². The maximum atomic E-state index is 12.0. The number of rotatable bonds is 5. The van der Waals surface area contributed by atoms with Gasteiger partial charge in [0.15, 0.2) is 0 Å². The SMILES string of the molecule is CC(C)(C)C(NS(=O)(=O)Cc1ccccc1)C(N)=O. The molecular formula is C13H20N2O3S. The summed E-state index contributed by atoms with van der Waals surface area (Å²) in [6.07, 6.45) is 0. The van der Waals surface area contributed by atoms with Gasteiger partial charge < -0.3 is 5.73 Å². The summed E-state index contributed by atoms with van der Waals surface area (Å²) in [7, 11) is -3.61. The average molecular weight is 284 g/mol. The summed E-state index contributed by atoms with van der Waals surface area (Å²) < 4.78 is 26.5. The number of carbonyl (C=O) groups is 1. The molecule has 1 atom stereocenters. The Bertz CT molecular complexity index is 533. The van der Waals surface area contributed by atoms with Crippen LogP contribution < -0.4 is 10.5 Å². The molecule has 0 saturated heterocycles. The zero-order chi connectivity index (χ0) is 14.7. The molecule has 1 aromatic carbocycles. The second kappa shape index (κ2) is 5.71. The number of hydrogen-bond acceptors (Lipinski definition) is 3. The number of primary amides is 1. The molecule has 106 valence electrons. The van der Waals surface area contributed by atoms with Crippen LogP contribution in [-0.2, 0) is 20.6 Å². The zero-order valence-corrected chi connectivity index (χ0v) is 12.2. The van der Waals surface area contributed by atoms with Gasteiger partial charge >= 0.3 is 0 Å². The van der Waals surface area contributed by atoms with Crippen LogP contribution in [0, 0.1) is 5.41 Å². The smallest absolute Gasteiger partial charge is 0.236 e. The lowest BCUT2D eigenvalue weighted by Crippen LogP contribution is -2.52. The molecular weight excluding hydrogens is 264 g/mol. The lowest BCUT2D eigenvalue weighted by atomic mass is 9.87. The van der Waals surface area contributed by atoms with Gasteiger partial charge in [-0.05, 0) is 11.0 Å². The molecule has 0 bridgehead atoms. The average Bonchev–Trinajstić information content (AvgIpc) is 2.25. The van der Waals surface area contributed by atoms with E-state index in [1.807, 2.05) is 6.07 Å². The van der Waals surface area contributed by atoms with Gasteiger partial charge in [0.05, 0.1) is 5.75 Å². The monoisotopic (exact) mass is 284 g/mol. The fraction of sp³-hybridized carbons (Fsp3) is 0.462. The van der Waals surface area contributed by atoms with Crippen LogP contribution in [-0.4, -0.2) is 20.4 Å². The van der Waals surface area contributed by atoms with Crippen LogP contribution in [0.1, 0.15) is 26.3 Å². The lowest BCUT2D eigenvalue weighted by Gasteiger charge is -2.28. The Labute approximate surface area is 114 Å². The topological polar surface area (TPSA) is 89.3 Å². The number of carbonyl (C=O) groups excluding carboxylic acids is 1. The minimum atomic E-state index is -3.61. The summed E-state index contributed by atoms with van der Waals surface area (Å²) in [5.41, 5.74) is 5.34. The van der Waals surface area contributed by atoms with Crippen molar-refractivity contribution in [3.05, 3.63) is 35.9 Å². The van der Waals surface area contributed by atoms with Gasteiger partial charge in [0, 0.05) is 0 Å². The third kappa shape index (κ3) is 5.00. The molecule has 0 fully saturated rings. The molecule has 1 unspecified atom stereocenters. The first-order valence-electron chi connectivity index (χ1n) is 5.95. The van der Waals surface area contributed by atoms with Crippen LogP contribution in [0.15, 0.2) is 30.3 Å². The van der Waals surface area contributed by atoms with E-state index >= 15 is 0 Å². The van der Waals surface area contributed by atoms with E-state index in [9.17, 15) is 13.2 Å². The minimum absolute atomic E-state index is 0.173. The maximum Gasteiger partial charge on any atom is 0.236 e. The highest BCUT2D eigenvalue weighted by molar-refractivity contribution is 7.88. The normalized spacial score (nSPS) is 14.1. The van der Waals surface area contributed by atoms with E-state index in [2.05, 4.69) is 4.72 Å². The van der Waals surface area contributed by atoms with Crippen molar-refractivity contribution in [3.8, 4) is 0 Å². The molecule has 0 heterocycles.